The highest BCUT2D eigenvalue weighted by molar-refractivity contribution is 7.94. The Labute approximate surface area is 134 Å². The average molecular weight is 329 g/mol. The second-order valence-electron chi connectivity index (χ2n) is 4.90. The number of hydrogen-bond donors (Lipinski definition) is 0. The van der Waals surface area contributed by atoms with Gasteiger partial charge in [-0.3, -0.25) is 10.1 Å². The molecule has 118 valence electrons. The van der Waals surface area contributed by atoms with Gasteiger partial charge in [0.2, 0.25) is 9.84 Å². The minimum absolute atomic E-state index is 0.0167. The van der Waals surface area contributed by atoms with Crippen molar-refractivity contribution in [1.29, 1.82) is 0 Å². The molecule has 2 aromatic rings. The number of nitro groups is 1. The highest BCUT2D eigenvalue weighted by Crippen LogP contribution is 2.15. The molecular formula is C17H15NO4S. The standard InChI is InChI=1S/C17H15NO4S/c1-14-7-9-15(10-8-14)11-12-16(18(19)20)13-23(21,22)17-5-3-2-4-6-17/h2-13H,1H3/b12-11+,16-13-. The summed E-state index contributed by atoms with van der Waals surface area (Å²) in [5, 5.41) is 11.8. The van der Waals surface area contributed by atoms with E-state index >= 15 is 0 Å². The minimum atomic E-state index is -3.87. The lowest BCUT2D eigenvalue weighted by Crippen LogP contribution is -2.02. The lowest BCUT2D eigenvalue weighted by atomic mass is 10.1. The molecule has 0 radical (unpaired) electrons. The van der Waals surface area contributed by atoms with E-state index in [0.717, 1.165) is 11.1 Å². The molecule has 0 aliphatic rings. The van der Waals surface area contributed by atoms with Crippen LogP contribution in [0.3, 0.4) is 0 Å². The number of sulfone groups is 1. The second-order valence-corrected chi connectivity index (χ2v) is 6.70. The lowest BCUT2D eigenvalue weighted by molar-refractivity contribution is -0.418. The van der Waals surface area contributed by atoms with Crippen LogP contribution in [0.15, 0.2) is 76.7 Å². The molecule has 5 nitrogen and oxygen atoms in total. The third-order valence-electron chi connectivity index (χ3n) is 3.08. The van der Waals surface area contributed by atoms with Crippen molar-refractivity contribution in [3.63, 3.8) is 0 Å². The van der Waals surface area contributed by atoms with E-state index in [1.54, 1.807) is 30.3 Å². The maximum absolute atomic E-state index is 12.2. The van der Waals surface area contributed by atoms with Gasteiger partial charge in [-0.2, -0.15) is 0 Å². The van der Waals surface area contributed by atoms with E-state index in [2.05, 4.69) is 0 Å². The van der Waals surface area contributed by atoms with E-state index in [9.17, 15) is 18.5 Å². The predicted molar refractivity (Wildman–Crippen MR) is 88.9 cm³/mol. The lowest BCUT2D eigenvalue weighted by Gasteiger charge is -1.98. The summed E-state index contributed by atoms with van der Waals surface area (Å²) in [5.74, 6) is 0. The second kappa shape index (κ2) is 7.02. The highest BCUT2D eigenvalue weighted by Gasteiger charge is 2.17. The fraction of sp³-hybridized carbons (Fsp3) is 0.0588. The van der Waals surface area contributed by atoms with Crippen molar-refractivity contribution >= 4 is 15.9 Å². The van der Waals surface area contributed by atoms with Crippen LogP contribution in [0.2, 0.25) is 0 Å². The van der Waals surface area contributed by atoms with E-state index in [-0.39, 0.29) is 4.90 Å². The van der Waals surface area contributed by atoms with Crippen molar-refractivity contribution in [1.82, 2.24) is 0 Å². The third-order valence-corrected chi connectivity index (χ3v) is 4.56. The van der Waals surface area contributed by atoms with E-state index in [4.69, 9.17) is 0 Å². The third kappa shape index (κ3) is 4.62. The zero-order valence-corrected chi connectivity index (χ0v) is 13.2. The molecule has 0 bridgehead atoms. The molecule has 0 aliphatic heterocycles. The van der Waals surface area contributed by atoms with Crippen LogP contribution in [-0.2, 0) is 9.84 Å². The van der Waals surface area contributed by atoms with Gasteiger partial charge in [-0.15, -0.1) is 0 Å². The Morgan fingerprint density at radius 1 is 1.04 bits per heavy atom. The first kappa shape index (κ1) is 16.6. The minimum Gasteiger partial charge on any atom is -0.258 e. The van der Waals surface area contributed by atoms with E-state index < -0.39 is 20.5 Å². The quantitative estimate of drug-likeness (QED) is 0.477. The van der Waals surface area contributed by atoms with Gasteiger partial charge in [0.25, 0.3) is 5.70 Å². The summed E-state index contributed by atoms with van der Waals surface area (Å²) in [4.78, 5) is 10.4. The van der Waals surface area contributed by atoms with E-state index in [0.29, 0.717) is 5.41 Å². The first-order valence-corrected chi connectivity index (χ1v) is 8.34. The Hall–Kier alpha value is -2.73. The molecule has 2 aromatic carbocycles. The first-order valence-electron chi connectivity index (χ1n) is 6.79. The van der Waals surface area contributed by atoms with E-state index in [1.165, 1.54) is 24.3 Å². The molecule has 0 heterocycles. The largest absolute Gasteiger partial charge is 0.281 e. The van der Waals surface area contributed by atoms with Crippen molar-refractivity contribution in [2.75, 3.05) is 0 Å². The first-order chi connectivity index (χ1) is 10.9. The van der Waals surface area contributed by atoms with Crippen LogP contribution in [0.25, 0.3) is 6.08 Å². The normalized spacial score (nSPS) is 12.5. The van der Waals surface area contributed by atoms with Gasteiger partial charge in [-0.1, -0.05) is 48.0 Å². The van der Waals surface area contributed by atoms with Crippen molar-refractivity contribution in [2.24, 2.45) is 0 Å². The van der Waals surface area contributed by atoms with Crippen LogP contribution < -0.4 is 0 Å². The Kier molecular flexibility index (Phi) is 5.08. The summed E-state index contributed by atoms with van der Waals surface area (Å²) in [6.07, 6.45) is 2.69. The van der Waals surface area contributed by atoms with Crippen LogP contribution >= 0.6 is 0 Å². The molecule has 0 spiro atoms. The molecule has 0 aromatic heterocycles. The molecule has 0 saturated carbocycles. The summed E-state index contributed by atoms with van der Waals surface area (Å²) < 4.78 is 24.4. The summed E-state index contributed by atoms with van der Waals surface area (Å²) in [6, 6.07) is 14.9. The zero-order valence-electron chi connectivity index (χ0n) is 12.4. The maximum Gasteiger partial charge on any atom is 0.281 e. The van der Waals surface area contributed by atoms with Crippen LogP contribution in [0, 0.1) is 17.0 Å². The molecular weight excluding hydrogens is 314 g/mol. The number of rotatable bonds is 5. The molecule has 0 unspecified atom stereocenters. The average Bonchev–Trinajstić information content (AvgIpc) is 2.53. The van der Waals surface area contributed by atoms with Crippen LogP contribution in [0.1, 0.15) is 11.1 Å². The van der Waals surface area contributed by atoms with Gasteiger partial charge in [-0.25, -0.2) is 8.42 Å². The van der Waals surface area contributed by atoms with Crippen molar-refractivity contribution in [3.8, 4) is 0 Å². The van der Waals surface area contributed by atoms with Gasteiger partial charge < -0.3 is 0 Å². The summed E-state index contributed by atoms with van der Waals surface area (Å²) in [5.41, 5.74) is 1.33. The van der Waals surface area contributed by atoms with Crippen LogP contribution in [0.4, 0.5) is 0 Å². The van der Waals surface area contributed by atoms with Gasteiger partial charge >= 0.3 is 0 Å². The molecule has 0 atom stereocenters. The topological polar surface area (TPSA) is 77.3 Å². The number of nitrogens with zero attached hydrogens (tertiary/aromatic N) is 1. The zero-order chi connectivity index (χ0) is 16.9. The van der Waals surface area contributed by atoms with Gasteiger partial charge in [0.15, 0.2) is 0 Å². The summed E-state index contributed by atoms with van der Waals surface area (Å²) >= 11 is 0. The van der Waals surface area contributed by atoms with Crippen LogP contribution in [0.5, 0.6) is 0 Å². The van der Waals surface area contributed by atoms with E-state index in [1.807, 2.05) is 19.1 Å². The Morgan fingerprint density at radius 2 is 1.65 bits per heavy atom. The number of benzene rings is 2. The Morgan fingerprint density at radius 3 is 2.22 bits per heavy atom. The maximum atomic E-state index is 12.2. The molecule has 0 aliphatic carbocycles. The van der Waals surface area contributed by atoms with Gasteiger partial charge in [0.1, 0.15) is 5.41 Å². The number of allylic oxidation sites excluding steroid dienone is 1. The Bertz CT molecular complexity index is 851. The van der Waals surface area contributed by atoms with Crippen molar-refractivity contribution < 1.29 is 13.3 Å². The molecule has 23 heavy (non-hydrogen) atoms. The molecule has 6 heteroatoms. The van der Waals surface area contributed by atoms with Gasteiger partial charge in [0.05, 0.1) is 9.82 Å². The fourth-order valence-electron chi connectivity index (χ4n) is 1.84. The van der Waals surface area contributed by atoms with Gasteiger partial charge in [-0.05, 0) is 30.7 Å². The number of hydrogen-bond acceptors (Lipinski definition) is 4. The summed E-state index contributed by atoms with van der Waals surface area (Å²) in [6.45, 7) is 1.93. The molecule has 0 fully saturated rings. The Balaban J connectivity index is 2.35. The molecule has 0 amide bonds. The molecule has 0 N–H and O–H groups in total. The predicted octanol–water partition coefficient (Wildman–Crippen LogP) is 3.60. The molecule has 2 rings (SSSR count). The number of aryl methyl sites for hydroxylation is 1. The van der Waals surface area contributed by atoms with Crippen molar-refractivity contribution in [2.45, 2.75) is 11.8 Å². The molecule has 0 saturated heterocycles. The van der Waals surface area contributed by atoms with Crippen LogP contribution in [-0.4, -0.2) is 13.3 Å². The fourth-order valence-corrected chi connectivity index (χ4v) is 2.99. The van der Waals surface area contributed by atoms with Gasteiger partial charge in [0, 0.05) is 6.08 Å². The summed E-state index contributed by atoms with van der Waals surface area (Å²) in [7, 11) is -3.87. The highest BCUT2D eigenvalue weighted by atomic mass is 32.2. The smallest absolute Gasteiger partial charge is 0.258 e. The van der Waals surface area contributed by atoms with Crippen molar-refractivity contribution in [3.05, 3.63) is 93.0 Å². The monoisotopic (exact) mass is 329 g/mol. The SMILES string of the molecule is Cc1ccc(/C=C/C(=C/S(=O)(=O)c2ccccc2)[N+](=O)[O-])cc1.